The van der Waals surface area contributed by atoms with Crippen LogP contribution in [0.2, 0.25) is 0 Å². The minimum absolute atomic E-state index is 0.316. The molecule has 0 bridgehead atoms. The maximum Gasteiger partial charge on any atom is 0.339 e. The van der Waals surface area contributed by atoms with Gasteiger partial charge in [0.25, 0.3) is 0 Å². The van der Waals surface area contributed by atoms with Gasteiger partial charge in [0.1, 0.15) is 0 Å². The summed E-state index contributed by atoms with van der Waals surface area (Å²) >= 11 is 5.01. The molecule has 0 aliphatic heterocycles. The van der Waals surface area contributed by atoms with E-state index in [1.165, 1.54) is 0 Å². The molecule has 0 heterocycles. The molecular weight excluding hydrogens is 196 g/mol. The molecule has 0 aliphatic carbocycles. The van der Waals surface area contributed by atoms with Gasteiger partial charge in [-0.15, -0.1) is 0 Å². The molecule has 14 heavy (non-hydrogen) atoms. The average Bonchev–Trinajstić information content (AvgIpc) is 2.18. The summed E-state index contributed by atoms with van der Waals surface area (Å²) in [5.74, 6) is -0.316. The van der Waals surface area contributed by atoms with Crippen LogP contribution >= 0.6 is 12.6 Å². The van der Waals surface area contributed by atoms with E-state index in [0.717, 1.165) is 12.8 Å². The molecule has 0 aromatic heterocycles. The predicted octanol–water partition coefficient (Wildman–Crippen LogP) is 3.20. The monoisotopic (exact) mass is 209 g/mol. The molecule has 2 nitrogen and oxygen atoms in total. The average molecular weight is 209 g/mol. The Hall–Kier alpha value is -1.09. The summed E-state index contributed by atoms with van der Waals surface area (Å²) in [5, 5.41) is 0. The van der Waals surface area contributed by atoms with Crippen molar-refractivity contribution < 1.29 is 9.53 Å². The number of hydrogen-bond donors (Lipinski definition) is 0. The van der Waals surface area contributed by atoms with E-state index in [9.17, 15) is 4.79 Å². The fourth-order valence-corrected chi connectivity index (χ4v) is 1.25. The Balaban J connectivity index is 2.56. The van der Waals surface area contributed by atoms with Crippen LogP contribution in [0.15, 0.2) is 29.2 Å². The van der Waals surface area contributed by atoms with Gasteiger partial charge >= 0.3 is 5.97 Å². The molecular formula is C11H13O2S. The van der Waals surface area contributed by atoms with Crippen LogP contribution in [-0.4, -0.2) is 12.6 Å². The summed E-state index contributed by atoms with van der Waals surface area (Å²) in [6.07, 6.45) is 1.91. The van der Waals surface area contributed by atoms with Crippen molar-refractivity contribution >= 4 is 18.6 Å². The minimum atomic E-state index is -0.316. The molecule has 0 amide bonds. The van der Waals surface area contributed by atoms with Crippen molar-refractivity contribution in [1.82, 2.24) is 0 Å². The van der Waals surface area contributed by atoms with Crippen LogP contribution in [0.3, 0.4) is 0 Å². The van der Waals surface area contributed by atoms with Crippen molar-refractivity contribution in [2.45, 2.75) is 24.7 Å². The van der Waals surface area contributed by atoms with Crippen LogP contribution in [0, 0.1) is 0 Å². The SMILES string of the molecule is CCCCOC(=O)c1ccccc1[S]. The molecule has 75 valence electrons. The highest BCUT2D eigenvalue weighted by atomic mass is 32.1. The second kappa shape index (κ2) is 5.60. The second-order valence-corrected chi connectivity index (χ2v) is 3.43. The van der Waals surface area contributed by atoms with Gasteiger partial charge in [-0.3, -0.25) is 0 Å². The Morgan fingerprint density at radius 1 is 1.43 bits per heavy atom. The van der Waals surface area contributed by atoms with E-state index in [1.807, 2.05) is 6.07 Å². The number of unbranched alkanes of at least 4 members (excludes halogenated alkanes) is 1. The largest absolute Gasteiger partial charge is 0.462 e. The fourth-order valence-electron chi connectivity index (χ4n) is 1.02. The van der Waals surface area contributed by atoms with E-state index in [-0.39, 0.29) is 5.97 Å². The van der Waals surface area contributed by atoms with Gasteiger partial charge in [-0.2, -0.15) is 0 Å². The Bertz CT molecular complexity index is 310. The number of esters is 1. The Labute approximate surface area is 89.7 Å². The molecule has 0 saturated heterocycles. The molecule has 0 saturated carbocycles. The van der Waals surface area contributed by atoms with Crippen molar-refractivity contribution in [3.05, 3.63) is 29.8 Å². The Kier molecular flexibility index (Phi) is 4.40. The molecule has 0 atom stereocenters. The molecule has 0 unspecified atom stereocenters. The summed E-state index contributed by atoms with van der Waals surface area (Å²) in [4.78, 5) is 12.0. The lowest BCUT2D eigenvalue weighted by molar-refractivity contribution is 0.0496. The van der Waals surface area contributed by atoms with Crippen LogP contribution in [0.25, 0.3) is 0 Å². The number of carbonyl (C=O) groups excluding carboxylic acids is 1. The van der Waals surface area contributed by atoms with Gasteiger partial charge in [0.2, 0.25) is 0 Å². The van der Waals surface area contributed by atoms with Crippen molar-refractivity contribution in [3.8, 4) is 0 Å². The van der Waals surface area contributed by atoms with Crippen molar-refractivity contribution in [2.24, 2.45) is 0 Å². The molecule has 0 fully saturated rings. The Morgan fingerprint density at radius 2 is 2.14 bits per heavy atom. The molecule has 1 radical (unpaired) electrons. The third-order valence-corrected chi connectivity index (χ3v) is 2.19. The summed E-state index contributed by atoms with van der Waals surface area (Å²) in [7, 11) is 0. The van der Waals surface area contributed by atoms with Crippen LogP contribution < -0.4 is 0 Å². The quantitative estimate of drug-likeness (QED) is 0.562. The molecule has 0 spiro atoms. The van der Waals surface area contributed by atoms with Gasteiger partial charge in [0.15, 0.2) is 0 Å². The molecule has 0 aliphatic rings. The van der Waals surface area contributed by atoms with E-state index in [4.69, 9.17) is 17.4 Å². The number of carbonyl (C=O) groups is 1. The van der Waals surface area contributed by atoms with E-state index in [1.54, 1.807) is 18.2 Å². The van der Waals surface area contributed by atoms with Gasteiger partial charge in [0.05, 0.1) is 17.1 Å². The minimum Gasteiger partial charge on any atom is -0.462 e. The van der Waals surface area contributed by atoms with Crippen LogP contribution in [0.1, 0.15) is 30.1 Å². The molecule has 0 N–H and O–H groups in total. The number of ether oxygens (including phenoxy) is 1. The summed E-state index contributed by atoms with van der Waals surface area (Å²) in [6.45, 7) is 2.52. The third kappa shape index (κ3) is 3.00. The topological polar surface area (TPSA) is 26.3 Å². The first-order chi connectivity index (χ1) is 6.75. The van der Waals surface area contributed by atoms with Gasteiger partial charge in [0, 0.05) is 0 Å². The second-order valence-electron chi connectivity index (χ2n) is 2.99. The third-order valence-electron chi connectivity index (χ3n) is 1.84. The fraction of sp³-hybridized carbons (Fsp3) is 0.364. The normalized spacial score (nSPS) is 9.79. The zero-order chi connectivity index (χ0) is 10.4. The van der Waals surface area contributed by atoms with E-state index in [0.29, 0.717) is 17.1 Å². The van der Waals surface area contributed by atoms with Crippen molar-refractivity contribution in [1.29, 1.82) is 0 Å². The zero-order valence-electron chi connectivity index (χ0n) is 8.16. The highest BCUT2D eigenvalue weighted by Crippen LogP contribution is 2.13. The van der Waals surface area contributed by atoms with Gasteiger partial charge in [-0.25, -0.2) is 4.79 Å². The number of benzene rings is 1. The predicted molar refractivity (Wildman–Crippen MR) is 57.5 cm³/mol. The maximum atomic E-state index is 11.5. The first-order valence-corrected chi connectivity index (χ1v) is 5.09. The van der Waals surface area contributed by atoms with Crippen LogP contribution in [0.5, 0.6) is 0 Å². The van der Waals surface area contributed by atoms with E-state index < -0.39 is 0 Å². The smallest absolute Gasteiger partial charge is 0.339 e. The molecule has 1 rings (SSSR count). The summed E-state index contributed by atoms with van der Waals surface area (Å²) < 4.78 is 5.04. The summed E-state index contributed by atoms with van der Waals surface area (Å²) in [6, 6.07) is 7.01. The Morgan fingerprint density at radius 3 is 2.79 bits per heavy atom. The molecule has 1 aromatic carbocycles. The first kappa shape index (κ1) is 11.0. The van der Waals surface area contributed by atoms with Crippen molar-refractivity contribution in [2.75, 3.05) is 6.61 Å². The first-order valence-electron chi connectivity index (χ1n) is 4.69. The number of hydrogen-bond acceptors (Lipinski definition) is 2. The highest BCUT2D eigenvalue weighted by Gasteiger charge is 2.09. The highest BCUT2D eigenvalue weighted by molar-refractivity contribution is 7.80. The maximum absolute atomic E-state index is 11.5. The van der Waals surface area contributed by atoms with Gasteiger partial charge in [-0.1, -0.05) is 38.1 Å². The number of rotatable bonds is 4. The summed E-state index contributed by atoms with van der Waals surface area (Å²) in [5.41, 5.74) is 0.485. The molecule has 3 heteroatoms. The lowest BCUT2D eigenvalue weighted by atomic mass is 10.2. The van der Waals surface area contributed by atoms with E-state index >= 15 is 0 Å². The lowest BCUT2D eigenvalue weighted by Gasteiger charge is -2.04. The molecule has 1 aromatic rings. The standard InChI is InChI=1S/C11H13O2S/c1-2-3-8-13-11(12)9-6-4-5-7-10(9)14/h4-7H,2-3,8H2,1H3. The van der Waals surface area contributed by atoms with Gasteiger partial charge < -0.3 is 4.74 Å². The van der Waals surface area contributed by atoms with Gasteiger partial charge in [-0.05, 0) is 18.6 Å². The lowest BCUT2D eigenvalue weighted by Crippen LogP contribution is -2.06. The zero-order valence-corrected chi connectivity index (χ0v) is 8.97. The van der Waals surface area contributed by atoms with E-state index in [2.05, 4.69) is 6.92 Å². The van der Waals surface area contributed by atoms with Crippen LogP contribution in [-0.2, 0) is 4.74 Å². The van der Waals surface area contributed by atoms with Crippen molar-refractivity contribution in [3.63, 3.8) is 0 Å². The van der Waals surface area contributed by atoms with Crippen LogP contribution in [0.4, 0.5) is 0 Å².